The van der Waals surface area contributed by atoms with E-state index in [0.29, 0.717) is 24.1 Å². The Bertz CT molecular complexity index is 1140. The van der Waals surface area contributed by atoms with Crippen molar-refractivity contribution in [1.29, 1.82) is 0 Å². The van der Waals surface area contributed by atoms with E-state index in [2.05, 4.69) is 15.4 Å². The minimum atomic E-state index is -3.83. The van der Waals surface area contributed by atoms with Crippen molar-refractivity contribution >= 4 is 33.5 Å². The van der Waals surface area contributed by atoms with Crippen LogP contribution in [-0.2, 0) is 35.6 Å². The van der Waals surface area contributed by atoms with Gasteiger partial charge in [0.15, 0.2) is 0 Å². The van der Waals surface area contributed by atoms with Crippen LogP contribution >= 0.6 is 0 Å². The third-order valence-corrected chi connectivity index (χ3v) is 7.33. The number of anilines is 1. The van der Waals surface area contributed by atoms with Crippen molar-refractivity contribution in [2.24, 2.45) is 5.92 Å². The zero-order valence-corrected chi connectivity index (χ0v) is 19.4. The highest BCUT2D eigenvalue weighted by atomic mass is 32.2. The summed E-state index contributed by atoms with van der Waals surface area (Å²) in [7, 11) is -2.59. The minimum Gasteiger partial charge on any atom is -0.468 e. The normalized spacial score (nSPS) is 16.5. The molecule has 9 nitrogen and oxygen atoms in total. The molecule has 34 heavy (non-hydrogen) atoms. The van der Waals surface area contributed by atoms with Gasteiger partial charge in [0.2, 0.25) is 21.8 Å². The van der Waals surface area contributed by atoms with Gasteiger partial charge in [0.05, 0.1) is 24.3 Å². The van der Waals surface area contributed by atoms with E-state index >= 15 is 0 Å². The molecule has 3 rings (SSSR count). The quantitative estimate of drug-likeness (QED) is 0.542. The first kappa shape index (κ1) is 25.3. The highest BCUT2D eigenvalue weighted by molar-refractivity contribution is 7.89. The Kier molecular flexibility index (Phi) is 8.35. The van der Waals surface area contributed by atoms with Crippen molar-refractivity contribution in [3.8, 4) is 0 Å². The van der Waals surface area contributed by atoms with E-state index in [1.165, 1.54) is 23.5 Å². The van der Waals surface area contributed by atoms with Gasteiger partial charge >= 0.3 is 5.97 Å². The van der Waals surface area contributed by atoms with Crippen molar-refractivity contribution < 1.29 is 31.9 Å². The Labute approximate surface area is 197 Å². The third-order valence-electron chi connectivity index (χ3n) is 5.45. The van der Waals surface area contributed by atoms with Gasteiger partial charge < -0.3 is 15.4 Å². The number of hydrogen-bond donors (Lipinski definition) is 2. The predicted molar refractivity (Wildman–Crippen MR) is 122 cm³/mol. The largest absolute Gasteiger partial charge is 0.468 e. The fourth-order valence-electron chi connectivity index (χ4n) is 3.57. The molecule has 1 heterocycles. The van der Waals surface area contributed by atoms with Crippen LogP contribution < -0.4 is 10.6 Å². The van der Waals surface area contributed by atoms with Gasteiger partial charge in [0.25, 0.3) is 0 Å². The van der Waals surface area contributed by atoms with Gasteiger partial charge in [-0.05, 0) is 54.8 Å². The fraction of sp³-hybridized carbons (Fsp3) is 0.348. The van der Waals surface area contributed by atoms with E-state index in [0.717, 1.165) is 12.1 Å². The molecule has 1 fully saturated rings. The number of ether oxygens (including phenoxy) is 1. The number of amides is 2. The summed E-state index contributed by atoms with van der Waals surface area (Å²) in [4.78, 5) is 35.7. The van der Waals surface area contributed by atoms with Crippen LogP contribution in [0.3, 0.4) is 0 Å². The first-order valence-corrected chi connectivity index (χ1v) is 12.1. The van der Waals surface area contributed by atoms with E-state index in [9.17, 15) is 27.2 Å². The number of nitrogens with zero attached hydrogens (tertiary/aromatic N) is 1. The third kappa shape index (κ3) is 6.61. The summed E-state index contributed by atoms with van der Waals surface area (Å²) in [6.45, 7) is 0.110. The number of halogens is 1. The van der Waals surface area contributed by atoms with Crippen LogP contribution in [0.4, 0.5) is 10.1 Å². The van der Waals surface area contributed by atoms with Crippen LogP contribution in [-0.4, -0.2) is 57.3 Å². The van der Waals surface area contributed by atoms with Crippen molar-refractivity contribution in [3.63, 3.8) is 0 Å². The van der Waals surface area contributed by atoms with Gasteiger partial charge in [0, 0.05) is 18.8 Å². The lowest BCUT2D eigenvalue weighted by Gasteiger charge is -2.31. The molecule has 1 unspecified atom stereocenters. The maximum absolute atomic E-state index is 13.2. The van der Waals surface area contributed by atoms with Crippen LogP contribution in [0, 0.1) is 11.7 Å². The molecule has 11 heteroatoms. The second-order valence-corrected chi connectivity index (χ2v) is 9.81. The van der Waals surface area contributed by atoms with E-state index in [1.54, 1.807) is 24.3 Å². The number of carbonyl (C=O) groups is 3. The topological polar surface area (TPSA) is 122 Å². The van der Waals surface area contributed by atoms with Gasteiger partial charge in [0.1, 0.15) is 12.4 Å². The van der Waals surface area contributed by atoms with Gasteiger partial charge in [-0.25, -0.2) is 12.8 Å². The molecule has 0 spiro atoms. The number of benzene rings is 2. The van der Waals surface area contributed by atoms with E-state index in [-0.39, 0.29) is 42.8 Å². The Balaban J connectivity index is 1.56. The minimum absolute atomic E-state index is 0.0128. The van der Waals surface area contributed by atoms with Crippen LogP contribution in [0.15, 0.2) is 53.4 Å². The molecule has 2 aromatic rings. The lowest BCUT2D eigenvalue weighted by molar-refractivity contribution is -0.141. The van der Waals surface area contributed by atoms with E-state index in [1.807, 2.05) is 0 Å². The van der Waals surface area contributed by atoms with Gasteiger partial charge in [-0.1, -0.05) is 12.1 Å². The summed E-state index contributed by atoms with van der Waals surface area (Å²) >= 11 is 0. The molecule has 0 radical (unpaired) electrons. The van der Waals surface area contributed by atoms with Crippen molar-refractivity contribution in [1.82, 2.24) is 9.62 Å². The Morgan fingerprint density at radius 1 is 1.09 bits per heavy atom. The monoisotopic (exact) mass is 491 g/mol. The Morgan fingerprint density at radius 2 is 1.76 bits per heavy atom. The molecule has 2 aromatic carbocycles. The smallest absolute Gasteiger partial charge is 0.325 e. The molecular weight excluding hydrogens is 465 g/mol. The lowest BCUT2D eigenvalue weighted by Crippen LogP contribution is -2.43. The number of carbonyl (C=O) groups excluding carboxylic acids is 3. The highest BCUT2D eigenvalue weighted by Crippen LogP contribution is 2.25. The SMILES string of the molecule is COC(=O)CNC(=O)Cc1ccc(NC(=O)C2CCCN(S(=O)(=O)c3ccc(F)cc3)C2)cc1. The zero-order chi connectivity index (χ0) is 24.7. The Morgan fingerprint density at radius 3 is 2.41 bits per heavy atom. The molecule has 0 aromatic heterocycles. The number of esters is 1. The first-order chi connectivity index (χ1) is 16.2. The number of methoxy groups -OCH3 is 1. The zero-order valence-electron chi connectivity index (χ0n) is 18.6. The molecule has 182 valence electrons. The molecule has 0 bridgehead atoms. The average Bonchev–Trinajstić information content (AvgIpc) is 2.84. The molecular formula is C23H26FN3O6S. The lowest BCUT2D eigenvalue weighted by atomic mass is 9.98. The maximum Gasteiger partial charge on any atom is 0.325 e. The number of sulfonamides is 1. The Hall–Kier alpha value is -3.31. The number of hydrogen-bond acceptors (Lipinski definition) is 6. The van der Waals surface area contributed by atoms with Crippen LogP contribution in [0.25, 0.3) is 0 Å². The number of rotatable bonds is 8. The summed E-state index contributed by atoms with van der Waals surface area (Å²) in [6, 6.07) is 11.3. The molecule has 0 saturated carbocycles. The summed E-state index contributed by atoms with van der Waals surface area (Å²) in [5.41, 5.74) is 1.21. The summed E-state index contributed by atoms with van der Waals surface area (Å²) in [5.74, 6) is -2.25. The maximum atomic E-state index is 13.2. The van der Waals surface area contributed by atoms with Crippen LogP contribution in [0.2, 0.25) is 0 Å². The molecule has 1 saturated heterocycles. The molecule has 1 atom stereocenters. The van der Waals surface area contributed by atoms with Crippen molar-refractivity contribution in [3.05, 3.63) is 59.9 Å². The fourth-order valence-corrected chi connectivity index (χ4v) is 5.10. The van der Waals surface area contributed by atoms with Crippen molar-refractivity contribution in [2.75, 3.05) is 32.1 Å². The predicted octanol–water partition coefficient (Wildman–Crippen LogP) is 1.70. The van der Waals surface area contributed by atoms with Gasteiger partial charge in [-0.15, -0.1) is 0 Å². The molecule has 1 aliphatic rings. The van der Waals surface area contributed by atoms with E-state index < -0.39 is 27.7 Å². The average molecular weight is 492 g/mol. The standard InChI is InChI=1S/C23H26FN3O6S/c1-33-22(29)14-25-21(28)13-16-4-8-19(9-5-16)26-23(30)17-3-2-12-27(15-17)34(31,32)20-10-6-18(24)7-11-20/h4-11,17H,2-3,12-15H2,1H3,(H,25,28)(H,26,30). The number of piperidine rings is 1. The molecule has 2 amide bonds. The van der Waals surface area contributed by atoms with E-state index in [4.69, 9.17) is 0 Å². The first-order valence-electron chi connectivity index (χ1n) is 10.7. The summed E-state index contributed by atoms with van der Waals surface area (Å²) < 4.78 is 44.6. The summed E-state index contributed by atoms with van der Waals surface area (Å²) in [5, 5.41) is 5.23. The molecule has 0 aliphatic carbocycles. The van der Waals surface area contributed by atoms with Crippen LogP contribution in [0.5, 0.6) is 0 Å². The van der Waals surface area contributed by atoms with Crippen molar-refractivity contribution in [2.45, 2.75) is 24.2 Å². The van der Waals surface area contributed by atoms with Crippen LogP contribution in [0.1, 0.15) is 18.4 Å². The second kappa shape index (κ2) is 11.2. The number of nitrogens with one attached hydrogen (secondary N) is 2. The second-order valence-electron chi connectivity index (χ2n) is 7.87. The molecule has 2 N–H and O–H groups in total. The highest BCUT2D eigenvalue weighted by Gasteiger charge is 2.33. The molecule has 1 aliphatic heterocycles. The summed E-state index contributed by atoms with van der Waals surface area (Å²) in [6.07, 6.45) is 1.13. The van der Waals surface area contributed by atoms with Gasteiger partial charge in [-0.2, -0.15) is 4.31 Å². The van der Waals surface area contributed by atoms with Gasteiger partial charge in [-0.3, -0.25) is 14.4 Å².